The third-order valence-corrected chi connectivity index (χ3v) is 3.69. The van der Waals surface area contributed by atoms with E-state index in [9.17, 15) is 0 Å². The fraction of sp³-hybridized carbons (Fsp3) is 1.00. The van der Waals surface area contributed by atoms with Crippen molar-refractivity contribution >= 4 is 0 Å². The lowest BCUT2D eigenvalue weighted by Crippen LogP contribution is -2.25. The Labute approximate surface area is 95.0 Å². The molecular weight excluding hydrogens is 184 g/mol. The summed E-state index contributed by atoms with van der Waals surface area (Å²) in [5.74, 6) is 0.692. The van der Waals surface area contributed by atoms with Crippen LogP contribution in [0.25, 0.3) is 0 Å². The van der Waals surface area contributed by atoms with Crippen LogP contribution in [0.15, 0.2) is 0 Å². The van der Waals surface area contributed by atoms with Gasteiger partial charge < -0.3 is 11.1 Å². The first kappa shape index (κ1) is 13.0. The quantitative estimate of drug-likeness (QED) is 0.576. The minimum Gasteiger partial charge on any atom is -0.330 e. The molecule has 1 aliphatic rings. The molecule has 0 aromatic heterocycles. The molecule has 90 valence electrons. The average Bonchev–Trinajstić information content (AvgIpc) is 2.98. The van der Waals surface area contributed by atoms with Crippen molar-refractivity contribution in [3.05, 3.63) is 0 Å². The average molecular weight is 212 g/mol. The Morgan fingerprint density at radius 3 is 2.67 bits per heavy atom. The van der Waals surface area contributed by atoms with E-state index in [1.54, 1.807) is 0 Å². The standard InChI is InChI=1S/C13H28N2/c1-3-6-13(7-8-13)11-15-9-4-5-12(2)10-14/h12,15H,3-11,14H2,1-2H3. The molecule has 1 rings (SSSR count). The maximum Gasteiger partial charge on any atom is 0.000781 e. The topological polar surface area (TPSA) is 38.0 Å². The highest BCUT2D eigenvalue weighted by atomic mass is 14.9. The number of nitrogens with one attached hydrogen (secondary N) is 1. The van der Waals surface area contributed by atoms with Gasteiger partial charge in [0, 0.05) is 6.54 Å². The van der Waals surface area contributed by atoms with Gasteiger partial charge in [-0.1, -0.05) is 20.3 Å². The first-order chi connectivity index (χ1) is 7.22. The lowest BCUT2D eigenvalue weighted by Gasteiger charge is -2.15. The van der Waals surface area contributed by atoms with Crippen LogP contribution in [0.5, 0.6) is 0 Å². The molecule has 0 aromatic rings. The third-order valence-electron chi connectivity index (χ3n) is 3.69. The molecule has 0 saturated heterocycles. The Bertz CT molecular complexity index is 164. The largest absolute Gasteiger partial charge is 0.330 e. The van der Waals surface area contributed by atoms with Gasteiger partial charge in [0.25, 0.3) is 0 Å². The van der Waals surface area contributed by atoms with Gasteiger partial charge >= 0.3 is 0 Å². The fourth-order valence-corrected chi connectivity index (χ4v) is 2.27. The molecule has 0 aromatic carbocycles. The van der Waals surface area contributed by atoms with Gasteiger partial charge in [0.1, 0.15) is 0 Å². The number of rotatable bonds is 9. The van der Waals surface area contributed by atoms with Crippen LogP contribution in [0.2, 0.25) is 0 Å². The number of nitrogens with two attached hydrogens (primary N) is 1. The maximum atomic E-state index is 5.59. The third kappa shape index (κ3) is 4.98. The van der Waals surface area contributed by atoms with Crippen molar-refractivity contribution in [1.29, 1.82) is 0 Å². The molecule has 1 unspecified atom stereocenters. The van der Waals surface area contributed by atoms with E-state index >= 15 is 0 Å². The Morgan fingerprint density at radius 2 is 2.13 bits per heavy atom. The van der Waals surface area contributed by atoms with E-state index in [2.05, 4.69) is 19.2 Å². The van der Waals surface area contributed by atoms with Gasteiger partial charge in [-0.3, -0.25) is 0 Å². The molecule has 1 saturated carbocycles. The first-order valence-electron chi connectivity index (χ1n) is 6.63. The molecule has 0 radical (unpaired) electrons. The van der Waals surface area contributed by atoms with E-state index in [4.69, 9.17) is 5.73 Å². The molecule has 0 aliphatic heterocycles. The summed E-state index contributed by atoms with van der Waals surface area (Å²) in [6.07, 6.45) is 8.20. The van der Waals surface area contributed by atoms with Gasteiger partial charge in [-0.15, -0.1) is 0 Å². The van der Waals surface area contributed by atoms with E-state index in [0.717, 1.165) is 6.54 Å². The zero-order valence-corrected chi connectivity index (χ0v) is 10.5. The smallest absolute Gasteiger partial charge is 0.000781 e. The summed E-state index contributed by atoms with van der Waals surface area (Å²) in [5, 5.41) is 3.61. The lowest BCUT2D eigenvalue weighted by atomic mass is 10.0. The van der Waals surface area contributed by atoms with E-state index in [0.29, 0.717) is 11.3 Å². The second kappa shape index (κ2) is 6.49. The summed E-state index contributed by atoms with van der Waals surface area (Å²) >= 11 is 0. The van der Waals surface area contributed by atoms with Crippen LogP contribution in [0.1, 0.15) is 52.4 Å². The molecule has 2 nitrogen and oxygen atoms in total. The normalized spacial score (nSPS) is 20.2. The Kier molecular flexibility index (Phi) is 5.62. The zero-order valence-electron chi connectivity index (χ0n) is 10.5. The molecule has 0 bridgehead atoms. The van der Waals surface area contributed by atoms with Gasteiger partial charge in [0.2, 0.25) is 0 Å². The molecular formula is C13H28N2. The van der Waals surface area contributed by atoms with Crippen LogP contribution in [0.4, 0.5) is 0 Å². The molecule has 1 atom stereocenters. The molecule has 2 heteroatoms. The molecule has 1 fully saturated rings. The monoisotopic (exact) mass is 212 g/mol. The minimum atomic E-state index is 0.692. The summed E-state index contributed by atoms with van der Waals surface area (Å²) in [5.41, 5.74) is 6.29. The molecule has 3 N–H and O–H groups in total. The van der Waals surface area contributed by atoms with Gasteiger partial charge in [-0.2, -0.15) is 0 Å². The van der Waals surface area contributed by atoms with Crippen LogP contribution in [-0.4, -0.2) is 19.6 Å². The highest BCUT2D eigenvalue weighted by Gasteiger charge is 2.40. The van der Waals surface area contributed by atoms with Crippen LogP contribution >= 0.6 is 0 Å². The fourth-order valence-electron chi connectivity index (χ4n) is 2.27. The number of hydrogen-bond acceptors (Lipinski definition) is 2. The zero-order chi connectivity index (χ0) is 11.1. The lowest BCUT2D eigenvalue weighted by molar-refractivity contribution is 0.410. The molecule has 1 aliphatic carbocycles. The predicted octanol–water partition coefficient (Wildman–Crippen LogP) is 2.53. The van der Waals surface area contributed by atoms with Crippen LogP contribution in [0, 0.1) is 11.3 Å². The SMILES string of the molecule is CCCC1(CNCCCC(C)CN)CC1. The molecule has 0 spiro atoms. The Morgan fingerprint density at radius 1 is 1.40 bits per heavy atom. The highest BCUT2D eigenvalue weighted by molar-refractivity contribution is 4.94. The van der Waals surface area contributed by atoms with E-state index in [-0.39, 0.29) is 0 Å². The maximum absolute atomic E-state index is 5.59. The number of hydrogen-bond donors (Lipinski definition) is 2. The van der Waals surface area contributed by atoms with Gasteiger partial charge in [0.05, 0.1) is 0 Å². The highest BCUT2D eigenvalue weighted by Crippen LogP contribution is 2.48. The molecule has 0 amide bonds. The molecule has 0 heterocycles. The van der Waals surface area contributed by atoms with Gasteiger partial charge in [-0.05, 0) is 56.5 Å². The van der Waals surface area contributed by atoms with Crippen molar-refractivity contribution in [2.24, 2.45) is 17.1 Å². The van der Waals surface area contributed by atoms with Crippen LogP contribution < -0.4 is 11.1 Å². The summed E-state index contributed by atoms with van der Waals surface area (Å²) in [6, 6.07) is 0. The summed E-state index contributed by atoms with van der Waals surface area (Å²) in [7, 11) is 0. The van der Waals surface area contributed by atoms with Crippen molar-refractivity contribution in [3.8, 4) is 0 Å². The molecule has 15 heavy (non-hydrogen) atoms. The Balaban J connectivity index is 1.93. The van der Waals surface area contributed by atoms with E-state index in [1.165, 1.54) is 51.6 Å². The van der Waals surface area contributed by atoms with Gasteiger partial charge in [0.15, 0.2) is 0 Å². The first-order valence-corrected chi connectivity index (χ1v) is 6.63. The van der Waals surface area contributed by atoms with Crippen LogP contribution in [-0.2, 0) is 0 Å². The summed E-state index contributed by atoms with van der Waals surface area (Å²) in [6.45, 7) is 7.79. The van der Waals surface area contributed by atoms with Crippen molar-refractivity contribution in [2.45, 2.75) is 52.4 Å². The van der Waals surface area contributed by atoms with Gasteiger partial charge in [-0.25, -0.2) is 0 Å². The summed E-state index contributed by atoms with van der Waals surface area (Å²) in [4.78, 5) is 0. The minimum absolute atomic E-state index is 0.692. The summed E-state index contributed by atoms with van der Waals surface area (Å²) < 4.78 is 0. The second-order valence-corrected chi connectivity index (χ2v) is 5.41. The van der Waals surface area contributed by atoms with Crippen LogP contribution in [0.3, 0.4) is 0 Å². The van der Waals surface area contributed by atoms with Crippen molar-refractivity contribution in [2.75, 3.05) is 19.6 Å². The van der Waals surface area contributed by atoms with E-state index in [1.807, 2.05) is 0 Å². The van der Waals surface area contributed by atoms with Crippen molar-refractivity contribution in [3.63, 3.8) is 0 Å². The van der Waals surface area contributed by atoms with Crippen molar-refractivity contribution < 1.29 is 0 Å². The van der Waals surface area contributed by atoms with Crippen molar-refractivity contribution in [1.82, 2.24) is 5.32 Å². The predicted molar refractivity (Wildman–Crippen MR) is 66.9 cm³/mol. The Hall–Kier alpha value is -0.0800. The second-order valence-electron chi connectivity index (χ2n) is 5.41. The van der Waals surface area contributed by atoms with E-state index < -0.39 is 0 Å².